The molecule has 0 aliphatic rings. The van der Waals surface area contributed by atoms with Gasteiger partial charge in [0.05, 0.1) is 0 Å². The molecule has 0 saturated heterocycles. The van der Waals surface area contributed by atoms with E-state index in [2.05, 4.69) is 81.5 Å². The molecule has 0 N–H and O–H groups in total. The van der Waals surface area contributed by atoms with E-state index in [0.29, 0.717) is 19.3 Å². The lowest BCUT2D eigenvalue weighted by Crippen LogP contribution is -2.30. The first-order valence-electron chi connectivity index (χ1n) is 25.5. The van der Waals surface area contributed by atoms with Crippen LogP contribution in [0.5, 0.6) is 0 Å². The van der Waals surface area contributed by atoms with Gasteiger partial charge in [0.2, 0.25) is 0 Å². The number of esters is 3. The lowest BCUT2D eigenvalue weighted by Gasteiger charge is -2.18. The molecule has 0 aromatic heterocycles. The fraction of sp³-hybridized carbons (Fsp3) is 0.632. The van der Waals surface area contributed by atoms with Crippen molar-refractivity contribution in [3.63, 3.8) is 0 Å². The third-order valence-corrected chi connectivity index (χ3v) is 10.4. The maximum absolute atomic E-state index is 12.8. The molecular formula is C57H92O6. The van der Waals surface area contributed by atoms with Crippen LogP contribution >= 0.6 is 0 Å². The molecule has 0 spiro atoms. The molecule has 0 aliphatic heterocycles. The van der Waals surface area contributed by atoms with Crippen molar-refractivity contribution in [2.24, 2.45) is 0 Å². The highest BCUT2D eigenvalue weighted by Crippen LogP contribution is 2.13. The average Bonchev–Trinajstić information content (AvgIpc) is 3.28. The van der Waals surface area contributed by atoms with Gasteiger partial charge in [-0.05, 0) is 89.9 Å². The summed E-state index contributed by atoms with van der Waals surface area (Å²) in [5, 5.41) is 0. The maximum atomic E-state index is 12.8. The molecule has 0 bridgehead atoms. The number of hydrogen-bond donors (Lipinski definition) is 0. The molecule has 1 atom stereocenters. The van der Waals surface area contributed by atoms with Crippen LogP contribution in [0.1, 0.15) is 213 Å². The highest BCUT2D eigenvalue weighted by molar-refractivity contribution is 5.71. The summed E-state index contributed by atoms with van der Waals surface area (Å²) in [6, 6.07) is 0. The normalized spacial score (nSPS) is 13.0. The summed E-state index contributed by atoms with van der Waals surface area (Å²) in [7, 11) is 0. The molecule has 0 rings (SSSR count). The lowest BCUT2D eigenvalue weighted by molar-refractivity contribution is -0.167. The van der Waals surface area contributed by atoms with Crippen LogP contribution in [0, 0.1) is 0 Å². The molecule has 1 unspecified atom stereocenters. The van der Waals surface area contributed by atoms with Crippen molar-refractivity contribution in [1.82, 2.24) is 0 Å². The van der Waals surface area contributed by atoms with E-state index in [9.17, 15) is 14.4 Å². The van der Waals surface area contributed by atoms with Crippen LogP contribution in [-0.2, 0) is 28.6 Å². The van der Waals surface area contributed by atoms with Gasteiger partial charge < -0.3 is 14.2 Å². The zero-order valence-corrected chi connectivity index (χ0v) is 40.5. The highest BCUT2D eigenvalue weighted by atomic mass is 16.6. The number of carbonyl (C=O) groups excluding carboxylic acids is 3. The van der Waals surface area contributed by atoms with Gasteiger partial charge >= 0.3 is 17.9 Å². The van der Waals surface area contributed by atoms with Crippen molar-refractivity contribution in [3.8, 4) is 0 Å². The third-order valence-electron chi connectivity index (χ3n) is 10.4. The summed E-state index contributed by atoms with van der Waals surface area (Å²) in [5.41, 5.74) is 0. The van der Waals surface area contributed by atoms with Crippen LogP contribution in [0.15, 0.2) is 109 Å². The minimum Gasteiger partial charge on any atom is -0.462 e. The maximum Gasteiger partial charge on any atom is 0.306 e. The Bertz CT molecular complexity index is 1330. The minimum atomic E-state index is -0.816. The van der Waals surface area contributed by atoms with Crippen molar-refractivity contribution >= 4 is 17.9 Å². The predicted octanol–water partition coefficient (Wildman–Crippen LogP) is 16.8. The molecule has 0 aromatic carbocycles. The number of hydrogen-bond acceptors (Lipinski definition) is 6. The molecular weight excluding hydrogens is 781 g/mol. The molecule has 0 saturated carbocycles. The van der Waals surface area contributed by atoms with E-state index in [0.717, 1.165) is 96.3 Å². The summed E-state index contributed by atoms with van der Waals surface area (Å²) in [5.74, 6) is -0.994. The van der Waals surface area contributed by atoms with Gasteiger partial charge in [0.15, 0.2) is 6.10 Å². The molecule has 63 heavy (non-hydrogen) atoms. The Morgan fingerprint density at radius 3 is 1.17 bits per heavy atom. The Balaban J connectivity index is 4.54. The second kappa shape index (κ2) is 50.7. The van der Waals surface area contributed by atoms with E-state index in [1.807, 2.05) is 48.6 Å². The van der Waals surface area contributed by atoms with Crippen LogP contribution in [0.4, 0.5) is 0 Å². The van der Waals surface area contributed by atoms with E-state index >= 15 is 0 Å². The van der Waals surface area contributed by atoms with Crippen molar-refractivity contribution in [3.05, 3.63) is 109 Å². The smallest absolute Gasteiger partial charge is 0.306 e. The van der Waals surface area contributed by atoms with Gasteiger partial charge in [-0.25, -0.2) is 0 Å². The Labute approximate surface area is 387 Å². The number of rotatable bonds is 44. The van der Waals surface area contributed by atoms with Crippen molar-refractivity contribution < 1.29 is 28.6 Å². The number of unbranched alkanes of at least 4 members (excludes halogenated alkanes) is 20. The molecule has 0 aromatic rings. The Kier molecular flexibility index (Phi) is 47.5. The Morgan fingerprint density at radius 1 is 0.349 bits per heavy atom. The Hall–Kier alpha value is -3.93. The van der Waals surface area contributed by atoms with Crippen LogP contribution in [-0.4, -0.2) is 37.2 Å². The topological polar surface area (TPSA) is 78.9 Å². The van der Waals surface area contributed by atoms with Crippen molar-refractivity contribution in [2.45, 2.75) is 219 Å². The standard InChI is InChI=1S/C57H92O6/c1-4-7-10-13-16-19-22-25-28-30-32-35-38-41-44-47-50-56(59)62-53-54(52-61-55(58)49-46-43-40-37-34-31-27-24-21-18-15-12-9-6-3)63-57(60)51-48-45-42-39-36-33-29-26-23-20-17-14-11-8-5-2/h8-9,11-12,14,17-18,20-21,23,26,28-30,32-33,35-36,54H,4-7,10,13,15-16,19,22,24-25,27,31,34,37-53H2,1-3H3/b11-8-,12-9-,17-14-,21-18-,23-20-,29-26-,30-28-,35-32-,36-33-. The first kappa shape index (κ1) is 59.1. The predicted molar refractivity (Wildman–Crippen MR) is 270 cm³/mol. The lowest BCUT2D eigenvalue weighted by atomic mass is 10.1. The first-order valence-corrected chi connectivity index (χ1v) is 25.5. The highest BCUT2D eigenvalue weighted by Gasteiger charge is 2.19. The van der Waals surface area contributed by atoms with Crippen LogP contribution in [0.25, 0.3) is 0 Å². The SMILES string of the molecule is CC\C=C/C=C\C=C/C=C\C=C/CCCCCC(=O)OC(COC(=O)CCCCC/C=C\C=C/CCCCCCCCC)COC(=O)CCCCCCCCC/C=C\C/C=C\CC. The van der Waals surface area contributed by atoms with Gasteiger partial charge in [-0.15, -0.1) is 0 Å². The van der Waals surface area contributed by atoms with E-state index in [-0.39, 0.29) is 37.5 Å². The van der Waals surface area contributed by atoms with Crippen molar-refractivity contribution in [2.75, 3.05) is 13.2 Å². The second-order valence-corrected chi connectivity index (χ2v) is 16.5. The van der Waals surface area contributed by atoms with Gasteiger partial charge in [-0.1, -0.05) is 214 Å². The van der Waals surface area contributed by atoms with Crippen LogP contribution < -0.4 is 0 Å². The fourth-order valence-corrected chi connectivity index (χ4v) is 6.61. The van der Waals surface area contributed by atoms with E-state index in [1.54, 1.807) is 0 Å². The fourth-order valence-electron chi connectivity index (χ4n) is 6.61. The van der Waals surface area contributed by atoms with E-state index < -0.39 is 6.10 Å². The van der Waals surface area contributed by atoms with Gasteiger partial charge in [0.25, 0.3) is 0 Å². The van der Waals surface area contributed by atoms with Gasteiger partial charge in [0, 0.05) is 19.3 Å². The van der Waals surface area contributed by atoms with Crippen LogP contribution in [0.3, 0.4) is 0 Å². The van der Waals surface area contributed by atoms with Crippen LogP contribution in [0.2, 0.25) is 0 Å². The summed E-state index contributed by atoms with van der Waals surface area (Å²) < 4.78 is 16.7. The van der Waals surface area contributed by atoms with Gasteiger partial charge in [-0.3, -0.25) is 14.4 Å². The summed E-state index contributed by atoms with van der Waals surface area (Å²) >= 11 is 0. The Morgan fingerprint density at radius 2 is 0.698 bits per heavy atom. The molecule has 0 radical (unpaired) electrons. The van der Waals surface area contributed by atoms with Gasteiger partial charge in [-0.2, -0.15) is 0 Å². The first-order chi connectivity index (χ1) is 31.0. The summed E-state index contributed by atoms with van der Waals surface area (Å²) in [4.78, 5) is 38.0. The molecule has 0 aliphatic carbocycles. The largest absolute Gasteiger partial charge is 0.462 e. The molecule has 0 heterocycles. The number of carbonyl (C=O) groups is 3. The number of ether oxygens (including phenoxy) is 3. The zero-order chi connectivity index (χ0) is 45.8. The van der Waals surface area contributed by atoms with Crippen molar-refractivity contribution in [1.29, 1.82) is 0 Å². The van der Waals surface area contributed by atoms with Gasteiger partial charge in [0.1, 0.15) is 13.2 Å². The van der Waals surface area contributed by atoms with E-state index in [4.69, 9.17) is 14.2 Å². The molecule has 0 fully saturated rings. The molecule has 6 nitrogen and oxygen atoms in total. The quantitative estimate of drug-likeness (QED) is 0.0199. The zero-order valence-electron chi connectivity index (χ0n) is 40.5. The summed E-state index contributed by atoms with van der Waals surface area (Å²) in [6.45, 7) is 6.30. The number of allylic oxidation sites excluding steroid dienone is 18. The molecule has 0 amide bonds. The monoisotopic (exact) mass is 873 g/mol. The second-order valence-electron chi connectivity index (χ2n) is 16.5. The third kappa shape index (κ3) is 49.0. The summed E-state index contributed by atoms with van der Waals surface area (Å²) in [6.07, 6.45) is 67.8. The van der Waals surface area contributed by atoms with E-state index in [1.165, 1.54) is 70.6 Å². The molecule has 356 valence electrons. The average molecular weight is 873 g/mol. The molecule has 6 heteroatoms. The minimum absolute atomic E-state index is 0.110.